The molecule has 2 aromatic carbocycles. The molecule has 1 N–H and O–H groups in total. The Balaban J connectivity index is 1.58. The number of carbonyl (C=O) groups is 1. The van der Waals surface area contributed by atoms with Crippen molar-refractivity contribution in [3.63, 3.8) is 0 Å². The number of anilines is 1. The van der Waals surface area contributed by atoms with E-state index in [1.165, 1.54) is 40.3 Å². The van der Waals surface area contributed by atoms with Crippen LogP contribution in [0.5, 0.6) is 0 Å². The molecular weight excluding hydrogens is 392 g/mol. The van der Waals surface area contributed by atoms with E-state index in [0.29, 0.717) is 10.7 Å². The Hall–Kier alpha value is -3.85. The normalized spacial score (nSPS) is 10.8. The van der Waals surface area contributed by atoms with Gasteiger partial charge in [0, 0.05) is 18.3 Å². The highest BCUT2D eigenvalue weighted by atomic mass is 32.1. The zero-order valence-corrected chi connectivity index (χ0v) is 15.8. The summed E-state index contributed by atoms with van der Waals surface area (Å²) in [6.07, 6.45) is 1.54. The summed E-state index contributed by atoms with van der Waals surface area (Å²) in [6.45, 7) is 0.114. The molecule has 2 aromatic heterocycles. The third kappa shape index (κ3) is 3.90. The number of non-ortho nitro benzene ring substituents is 1. The largest absolute Gasteiger partial charge is 0.310 e. The number of nitro benzene ring substituents is 1. The third-order valence-electron chi connectivity index (χ3n) is 4.25. The van der Waals surface area contributed by atoms with Gasteiger partial charge in [-0.1, -0.05) is 35.6 Å². The summed E-state index contributed by atoms with van der Waals surface area (Å²) in [6, 6.07) is 16.5. The van der Waals surface area contributed by atoms with Gasteiger partial charge in [-0.05, 0) is 29.8 Å². The van der Waals surface area contributed by atoms with Crippen LogP contribution in [0.3, 0.4) is 0 Å². The molecule has 8 nitrogen and oxygen atoms in total. The molecule has 0 spiro atoms. The Kier molecular flexibility index (Phi) is 4.88. The third-order valence-corrected chi connectivity index (χ3v) is 5.21. The summed E-state index contributed by atoms with van der Waals surface area (Å²) in [5, 5.41) is 14.0. The highest BCUT2D eigenvalue weighted by molar-refractivity contribution is 7.22. The average molecular weight is 406 g/mol. The molecule has 144 valence electrons. The minimum absolute atomic E-state index is 0.0304. The van der Waals surface area contributed by atoms with E-state index in [4.69, 9.17) is 0 Å². The number of hydrogen-bond donors (Lipinski definition) is 1. The predicted molar refractivity (Wildman–Crippen MR) is 110 cm³/mol. The summed E-state index contributed by atoms with van der Waals surface area (Å²) < 4.78 is 2.27. The molecule has 2 heterocycles. The fourth-order valence-corrected chi connectivity index (χ4v) is 3.75. The van der Waals surface area contributed by atoms with Gasteiger partial charge >= 0.3 is 0 Å². The van der Waals surface area contributed by atoms with Crippen molar-refractivity contribution in [3.05, 3.63) is 98.5 Å². The molecule has 1 amide bonds. The van der Waals surface area contributed by atoms with Crippen molar-refractivity contribution in [1.29, 1.82) is 0 Å². The number of pyridine rings is 1. The highest BCUT2D eigenvalue weighted by Crippen LogP contribution is 2.25. The van der Waals surface area contributed by atoms with E-state index in [1.54, 1.807) is 18.2 Å². The number of para-hydroxylation sites is 1. The van der Waals surface area contributed by atoms with Crippen LogP contribution < -0.4 is 10.9 Å². The number of fused-ring (bicyclic) bond motifs is 1. The number of rotatable bonds is 5. The molecule has 4 aromatic rings. The van der Waals surface area contributed by atoms with Crippen molar-refractivity contribution in [2.75, 3.05) is 5.32 Å². The molecule has 29 heavy (non-hydrogen) atoms. The number of amides is 1. The molecule has 0 unspecified atom stereocenters. The first kappa shape index (κ1) is 18.5. The van der Waals surface area contributed by atoms with Crippen molar-refractivity contribution >= 4 is 38.3 Å². The second kappa shape index (κ2) is 7.64. The van der Waals surface area contributed by atoms with Crippen molar-refractivity contribution in [1.82, 2.24) is 9.55 Å². The average Bonchev–Trinajstić information content (AvgIpc) is 3.12. The highest BCUT2D eigenvalue weighted by Gasteiger charge is 2.15. The molecule has 0 aliphatic rings. The fraction of sp³-hybridized carbons (Fsp3) is 0.0500. The van der Waals surface area contributed by atoms with Gasteiger partial charge in [0.25, 0.3) is 17.2 Å². The fourth-order valence-electron chi connectivity index (χ4n) is 2.89. The molecule has 0 fully saturated rings. The van der Waals surface area contributed by atoms with Gasteiger partial charge in [-0.15, -0.1) is 0 Å². The molecule has 0 aliphatic heterocycles. The van der Waals surface area contributed by atoms with E-state index in [0.717, 1.165) is 10.2 Å². The van der Waals surface area contributed by atoms with E-state index in [9.17, 15) is 19.7 Å². The maximum atomic E-state index is 12.7. The monoisotopic (exact) mass is 406 g/mol. The van der Waals surface area contributed by atoms with Crippen LogP contribution in [-0.2, 0) is 6.54 Å². The van der Waals surface area contributed by atoms with E-state index in [2.05, 4.69) is 10.3 Å². The number of benzene rings is 2. The van der Waals surface area contributed by atoms with Crippen molar-refractivity contribution < 1.29 is 9.72 Å². The number of carbonyl (C=O) groups excluding carboxylic acids is 1. The van der Waals surface area contributed by atoms with Gasteiger partial charge in [0.2, 0.25) is 0 Å². The predicted octanol–water partition coefficient (Wildman–Crippen LogP) is 3.67. The lowest BCUT2D eigenvalue weighted by atomic mass is 10.2. The van der Waals surface area contributed by atoms with Gasteiger partial charge in [0.1, 0.15) is 5.56 Å². The number of nitrogens with zero attached hydrogens (tertiary/aromatic N) is 3. The summed E-state index contributed by atoms with van der Waals surface area (Å²) in [7, 11) is 0. The lowest BCUT2D eigenvalue weighted by Crippen LogP contribution is -2.29. The van der Waals surface area contributed by atoms with Crippen LogP contribution in [0.2, 0.25) is 0 Å². The second-order valence-electron chi connectivity index (χ2n) is 6.22. The quantitative estimate of drug-likeness (QED) is 0.402. The van der Waals surface area contributed by atoms with Crippen LogP contribution in [0.15, 0.2) is 71.7 Å². The minimum atomic E-state index is -0.553. The smallest absolute Gasteiger partial charge is 0.269 e. The van der Waals surface area contributed by atoms with Crippen molar-refractivity contribution in [3.8, 4) is 0 Å². The molecule has 0 radical (unpaired) electrons. The number of aromatic nitrogens is 2. The topological polar surface area (TPSA) is 107 Å². The number of thiazole rings is 1. The first-order valence-electron chi connectivity index (χ1n) is 8.61. The lowest BCUT2D eigenvalue weighted by Gasteiger charge is -2.08. The van der Waals surface area contributed by atoms with E-state index in [1.807, 2.05) is 24.3 Å². The van der Waals surface area contributed by atoms with Gasteiger partial charge in [-0.2, -0.15) is 0 Å². The Morgan fingerprint density at radius 1 is 1.14 bits per heavy atom. The zero-order chi connectivity index (χ0) is 20.4. The maximum absolute atomic E-state index is 12.7. The SMILES string of the molecule is O=C(Nc1nc2ccccc2s1)c1cccn(Cc2cccc([N+](=O)[O-])c2)c1=O. The molecule has 4 rings (SSSR count). The molecule has 0 bridgehead atoms. The molecule has 0 atom stereocenters. The van der Waals surface area contributed by atoms with E-state index in [-0.39, 0.29) is 17.8 Å². The number of nitrogens with one attached hydrogen (secondary N) is 1. The van der Waals surface area contributed by atoms with Crippen LogP contribution in [-0.4, -0.2) is 20.4 Å². The molecule has 0 saturated carbocycles. The van der Waals surface area contributed by atoms with Gasteiger partial charge in [0.15, 0.2) is 5.13 Å². The van der Waals surface area contributed by atoms with Crippen LogP contribution in [0.1, 0.15) is 15.9 Å². The first-order valence-corrected chi connectivity index (χ1v) is 9.42. The maximum Gasteiger partial charge on any atom is 0.269 e. The molecule has 9 heteroatoms. The van der Waals surface area contributed by atoms with Crippen LogP contribution in [0.25, 0.3) is 10.2 Å². The minimum Gasteiger partial charge on any atom is -0.310 e. The Bertz CT molecular complexity index is 1260. The molecule has 0 aliphatic carbocycles. The number of nitro groups is 1. The van der Waals surface area contributed by atoms with Gasteiger partial charge < -0.3 is 4.57 Å². The van der Waals surface area contributed by atoms with Crippen LogP contribution in [0, 0.1) is 10.1 Å². The number of hydrogen-bond acceptors (Lipinski definition) is 6. The van der Waals surface area contributed by atoms with Crippen molar-refractivity contribution in [2.24, 2.45) is 0 Å². The summed E-state index contributed by atoms with van der Waals surface area (Å²) in [5.74, 6) is -0.553. The Morgan fingerprint density at radius 2 is 1.97 bits per heavy atom. The summed E-state index contributed by atoms with van der Waals surface area (Å²) in [5.41, 5.74) is 0.782. The van der Waals surface area contributed by atoms with Gasteiger partial charge in [-0.25, -0.2) is 4.98 Å². The second-order valence-corrected chi connectivity index (χ2v) is 7.25. The Labute approximate surface area is 168 Å². The van der Waals surface area contributed by atoms with Crippen molar-refractivity contribution in [2.45, 2.75) is 6.54 Å². The zero-order valence-electron chi connectivity index (χ0n) is 14.9. The van der Waals surface area contributed by atoms with Gasteiger partial charge in [0.05, 0.1) is 21.7 Å². The molecular formula is C20H14N4O4S. The van der Waals surface area contributed by atoms with Gasteiger partial charge in [-0.3, -0.25) is 25.0 Å². The summed E-state index contributed by atoms with van der Waals surface area (Å²) >= 11 is 1.32. The lowest BCUT2D eigenvalue weighted by molar-refractivity contribution is -0.384. The van der Waals surface area contributed by atoms with E-state index >= 15 is 0 Å². The van der Waals surface area contributed by atoms with Crippen LogP contribution >= 0.6 is 11.3 Å². The van der Waals surface area contributed by atoms with E-state index < -0.39 is 16.4 Å². The first-order chi connectivity index (χ1) is 14.0. The molecule has 0 saturated heterocycles. The Morgan fingerprint density at radius 3 is 2.76 bits per heavy atom. The standard InChI is InChI=1S/C20H14N4O4S/c25-18(22-20-21-16-8-1-2-9-17(16)29-20)15-7-4-10-23(19(15)26)12-13-5-3-6-14(11-13)24(27)28/h1-11H,12H2,(H,21,22,25). The van der Waals surface area contributed by atoms with Crippen LogP contribution in [0.4, 0.5) is 10.8 Å². The summed E-state index contributed by atoms with van der Waals surface area (Å²) in [4.78, 5) is 40.1.